The van der Waals surface area contributed by atoms with Gasteiger partial charge in [0.25, 0.3) is 5.91 Å². The van der Waals surface area contributed by atoms with E-state index in [-0.39, 0.29) is 11.8 Å². The molecular formula is C32H26N2O2S. The van der Waals surface area contributed by atoms with Gasteiger partial charge in [0.05, 0.1) is 0 Å². The second-order valence-corrected chi connectivity index (χ2v) is 9.99. The number of aryl methyl sites for hydroxylation is 1. The number of thioether (sulfide) groups is 1. The summed E-state index contributed by atoms with van der Waals surface area (Å²) in [5, 5.41) is 7.71. The fourth-order valence-corrected chi connectivity index (χ4v) is 5.14. The van der Waals surface area contributed by atoms with E-state index >= 15 is 0 Å². The molecule has 0 heterocycles. The monoisotopic (exact) mass is 502 g/mol. The molecule has 0 spiro atoms. The number of carbonyl (C=O) groups excluding carboxylic acids is 2. The van der Waals surface area contributed by atoms with Gasteiger partial charge in [0.1, 0.15) is 5.25 Å². The Morgan fingerprint density at radius 3 is 2.14 bits per heavy atom. The van der Waals surface area contributed by atoms with Gasteiger partial charge in [0.2, 0.25) is 5.91 Å². The van der Waals surface area contributed by atoms with Crippen molar-refractivity contribution in [2.24, 2.45) is 0 Å². The molecule has 4 nitrogen and oxygen atoms in total. The molecule has 5 rings (SSSR count). The van der Waals surface area contributed by atoms with Crippen LogP contribution in [0.4, 0.5) is 11.4 Å². The Morgan fingerprint density at radius 2 is 1.38 bits per heavy atom. The Hall–Kier alpha value is -4.35. The van der Waals surface area contributed by atoms with Gasteiger partial charge in [-0.1, -0.05) is 72.8 Å². The third-order valence-corrected chi connectivity index (χ3v) is 7.27. The van der Waals surface area contributed by atoms with Crippen molar-refractivity contribution in [1.82, 2.24) is 0 Å². The zero-order valence-corrected chi connectivity index (χ0v) is 21.2. The first-order valence-electron chi connectivity index (χ1n) is 12.0. The van der Waals surface area contributed by atoms with E-state index < -0.39 is 5.25 Å². The lowest BCUT2D eigenvalue weighted by Crippen LogP contribution is -2.19. The molecule has 0 aliphatic heterocycles. The summed E-state index contributed by atoms with van der Waals surface area (Å²) in [6.07, 6.45) is 0. The average Bonchev–Trinajstić information content (AvgIpc) is 2.92. The summed E-state index contributed by atoms with van der Waals surface area (Å²) < 4.78 is 0. The first-order chi connectivity index (χ1) is 18.0. The topological polar surface area (TPSA) is 58.2 Å². The van der Waals surface area contributed by atoms with Crippen LogP contribution >= 0.6 is 11.8 Å². The molecule has 0 fully saturated rings. The van der Waals surface area contributed by atoms with Crippen LogP contribution in [0.5, 0.6) is 0 Å². The lowest BCUT2D eigenvalue weighted by Gasteiger charge is -2.17. The summed E-state index contributed by atoms with van der Waals surface area (Å²) >= 11 is 1.47. The summed E-state index contributed by atoms with van der Waals surface area (Å²) in [5.74, 6) is -0.249. The van der Waals surface area contributed by atoms with E-state index in [1.807, 2.05) is 128 Å². The first kappa shape index (κ1) is 24.3. The standard InChI is InChI=1S/C32H26N2O2S/c1-22-8-7-13-28(20-22)34-32(36)30(24-10-3-2-4-11-24)37-29-18-16-27(17-19-29)33-31(35)26-15-14-23-9-5-6-12-25(23)21-26/h2-21,30H,1H3,(H,33,35)(H,34,36). The van der Waals surface area contributed by atoms with Gasteiger partial charge >= 0.3 is 0 Å². The molecule has 0 radical (unpaired) electrons. The molecule has 37 heavy (non-hydrogen) atoms. The summed E-state index contributed by atoms with van der Waals surface area (Å²) in [7, 11) is 0. The van der Waals surface area contributed by atoms with Gasteiger partial charge in [-0.05, 0) is 77.4 Å². The second kappa shape index (κ2) is 11.1. The van der Waals surface area contributed by atoms with E-state index in [1.165, 1.54) is 11.8 Å². The number of nitrogens with one attached hydrogen (secondary N) is 2. The highest BCUT2D eigenvalue weighted by molar-refractivity contribution is 8.00. The van der Waals surface area contributed by atoms with Gasteiger partial charge in [0.15, 0.2) is 0 Å². The molecule has 5 heteroatoms. The Balaban J connectivity index is 1.30. The predicted octanol–water partition coefficient (Wildman–Crippen LogP) is 7.87. The molecule has 0 aliphatic carbocycles. The molecule has 5 aromatic carbocycles. The number of carbonyl (C=O) groups is 2. The minimum Gasteiger partial charge on any atom is -0.325 e. The third-order valence-electron chi connectivity index (χ3n) is 6.00. The number of anilines is 2. The molecule has 1 unspecified atom stereocenters. The molecule has 5 aromatic rings. The quantitative estimate of drug-likeness (QED) is 0.223. The number of rotatable bonds is 7. The van der Waals surface area contributed by atoms with Crippen LogP contribution in [0.3, 0.4) is 0 Å². The second-order valence-electron chi connectivity index (χ2n) is 8.81. The van der Waals surface area contributed by atoms with Gasteiger partial charge in [-0.25, -0.2) is 0 Å². The van der Waals surface area contributed by atoms with Crippen molar-refractivity contribution < 1.29 is 9.59 Å². The SMILES string of the molecule is Cc1cccc(NC(=O)C(Sc2ccc(NC(=O)c3ccc4ccccc4c3)cc2)c2ccccc2)c1. The fourth-order valence-electron chi connectivity index (χ4n) is 4.12. The highest BCUT2D eigenvalue weighted by Gasteiger charge is 2.22. The maximum atomic E-state index is 13.3. The third kappa shape index (κ3) is 6.08. The molecule has 2 N–H and O–H groups in total. The highest BCUT2D eigenvalue weighted by Crippen LogP contribution is 2.36. The molecule has 0 bridgehead atoms. The predicted molar refractivity (Wildman–Crippen MR) is 153 cm³/mol. The van der Waals surface area contributed by atoms with Gasteiger partial charge in [-0.3, -0.25) is 9.59 Å². The molecule has 1 atom stereocenters. The Labute approximate surface area is 220 Å². The van der Waals surface area contributed by atoms with Crippen LogP contribution in [0, 0.1) is 6.92 Å². The van der Waals surface area contributed by atoms with E-state index in [2.05, 4.69) is 10.6 Å². The maximum absolute atomic E-state index is 13.3. The highest BCUT2D eigenvalue weighted by atomic mass is 32.2. The summed E-state index contributed by atoms with van der Waals surface area (Å²) in [6.45, 7) is 2.00. The van der Waals surface area contributed by atoms with E-state index in [9.17, 15) is 9.59 Å². The Morgan fingerprint density at radius 1 is 0.649 bits per heavy atom. The Kier molecular flexibility index (Phi) is 7.33. The minimum absolute atomic E-state index is 0.0875. The Bertz CT molecular complexity index is 1550. The van der Waals surface area contributed by atoms with Crippen LogP contribution in [-0.2, 0) is 4.79 Å². The normalized spacial score (nSPS) is 11.6. The molecule has 0 aliphatic rings. The van der Waals surface area contributed by atoms with Crippen LogP contribution in [0.2, 0.25) is 0 Å². The van der Waals surface area contributed by atoms with Crippen LogP contribution in [0.25, 0.3) is 10.8 Å². The molecule has 0 saturated carbocycles. The van der Waals surface area contributed by atoms with Crippen molar-refractivity contribution in [2.45, 2.75) is 17.1 Å². The van der Waals surface area contributed by atoms with Gasteiger partial charge in [-0.15, -0.1) is 11.8 Å². The molecule has 2 amide bonds. The number of benzene rings is 5. The lowest BCUT2D eigenvalue weighted by atomic mass is 10.1. The molecule has 182 valence electrons. The zero-order chi connectivity index (χ0) is 25.6. The lowest BCUT2D eigenvalue weighted by molar-refractivity contribution is -0.115. The first-order valence-corrected chi connectivity index (χ1v) is 12.9. The van der Waals surface area contributed by atoms with E-state index in [1.54, 1.807) is 0 Å². The summed E-state index contributed by atoms with van der Waals surface area (Å²) in [5.41, 5.74) is 4.09. The van der Waals surface area contributed by atoms with Crippen molar-refractivity contribution in [2.75, 3.05) is 10.6 Å². The van der Waals surface area contributed by atoms with E-state index in [4.69, 9.17) is 0 Å². The average molecular weight is 503 g/mol. The van der Waals surface area contributed by atoms with Crippen molar-refractivity contribution in [3.63, 3.8) is 0 Å². The van der Waals surface area contributed by atoms with Crippen molar-refractivity contribution in [3.8, 4) is 0 Å². The fraction of sp³-hybridized carbons (Fsp3) is 0.0625. The molecule has 0 aromatic heterocycles. The smallest absolute Gasteiger partial charge is 0.255 e. The van der Waals surface area contributed by atoms with Crippen molar-refractivity contribution in [3.05, 3.63) is 138 Å². The molecule has 0 saturated heterocycles. The zero-order valence-electron chi connectivity index (χ0n) is 20.3. The summed E-state index contributed by atoms with van der Waals surface area (Å²) in [6, 6.07) is 38.8. The van der Waals surface area contributed by atoms with Gasteiger partial charge in [0, 0.05) is 21.8 Å². The van der Waals surface area contributed by atoms with Crippen LogP contribution in [0.1, 0.15) is 26.7 Å². The van der Waals surface area contributed by atoms with Crippen LogP contribution in [0.15, 0.2) is 126 Å². The molecular weight excluding hydrogens is 476 g/mol. The van der Waals surface area contributed by atoms with E-state index in [0.717, 1.165) is 32.5 Å². The largest absolute Gasteiger partial charge is 0.325 e. The maximum Gasteiger partial charge on any atom is 0.255 e. The van der Waals surface area contributed by atoms with Crippen LogP contribution < -0.4 is 10.6 Å². The van der Waals surface area contributed by atoms with Crippen molar-refractivity contribution in [1.29, 1.82) is 0 Å². The van der Waals surface area contributed by atoms with Crippen LogP contribution in [-0.4, -0.2) is 11.8 Å². The van der Waals surface area contributed by atoms with E-state index in [0.29, 0.717) is 11.3 Å². The number of amides is 2. The summed E-state index contributed by atoms with van der Waals surface area (Å²) in [4.78, 5) is 27.1. The van der Waals surface area contributed by atoms with Gasteiger partial charge in [-0.2, -0.15) is 0 Å². The minimum atomic E-state index is -0.431. The number of hydrogen-bond donors (Lipinski definition) is 2. The number of fused-ring (bicyclic) bond motifs is 1. The van der Waals surface area contributed by atoms with Gasteiger partial charge < -0.3 is 10.6 Å². The van der Waals surface area contributed by atoms with Crippen molar-refractivity contribution >= 4 is 45.7 Å². The number of hydrogen-bond acceptors (Lipinski definition) is 3.